The minimum atomic E-state index is -0.844. The van der Waals surface area contributed by atoms with Crippen molar-refractivity contribution in [2.45, 2.75) is 26.7 Å². The van der Waals surface area contributed by atoms with Gasteiger partial charge in [0, 0.05) is 11.1 Å². The Morgan fingerprint density at radius 1 is 1.32 bits per heavy atom. The van der Waals surface area contributed by atoms with Gasteiger partial charge in [0.05, 0.1) is 6.61 Å². The average Bonchev–Trinajstić information content (AvgIpc) is 2.84. The van der Waals surface area contributed by atoms with Gasteiger partial charge in [-0.2, -0.15) is 0 Å². The predicted molar refractivity (Wildman–Crippen MR) is 67.6 cm³/mol. The first-order valence-electron chi connectivity index (χ1n) is 6.20. The highest BCUT2D eigenvalue weighted by atomic mass is 16.7. The lowest BCUT2D eigenvalue weighted by Gasteiger charge is -2.14. The normalized spacial score (nSPS) is 12.6. The molecule has 1 aliphatic heterocycles. The Bertz CT molecular complexity index is 519. The van der Waals surface area contributed by atoms with E-state index in [1.54, 1.807) is 19.1 Å². The zero-order valence-corrected chi connectivity index (χ0v) is 11.2. The van der Waals surface area contributed by atoms with E-state index in [0.29, 0.717) is 22.6 Å². The molecule has 19 heavy (non-hydrogen) atoms. The number of ketones is 1. The van der Waals surface area contributed by atoms with Crippen LogP contribution in [-0.2, 0) is 9.53 Å². The summed E-state index contributed by atoms with van der Waals surface area (Å²) in [6, 6.07) is 3.22. The smallest absolute Gasteiger partial charge is 0.379 e. The number of rotatable bonds is 4. The molecule has 0 bridgehead atoms. The zero-order chi connectivity index (χ0) is 14.0. The number of hydrogen-bond acceptors (Lipinski definition) is 5. The van der Waals surface area contributed by atoms with E-state index in [2.05, 4.69) is 0 Å². The van der Waals surface area contributed by atoms with Crippen molar-refractivity contribution in [2.75, 3.05) is 13.4 Å². The first-order chi connectivity index (χ1) is 9.06. The van der Waals surface area contributed by atoms with Crippen LogP contribution in [0.4, 0.5) is 0 Å². The lowest BCUT2D eigenvalue weighted by molar-refractivity contribution is -0.137. The first-order valence-corrected chi connectivity index (χ1v) is 6.20. The maximum atomic E-state index is 12.1. The van der Waals surface area contributed by atoms with E-state index in [1.807, 2.05) is 13.8 Å². The van der Waals surface area contributed by atoms with Crippen molar-refractivity contribution in [2.24, 2.45) is 0 Å². The molecule has 0 radical (unpaired) electrons. The SMILES string of the molecule is CCOC(=O)C(=O)c1ccc2c(c1C(C)C)OCO2. The van der Waals surface area contributed by atoms with Crippen molar-refractivity contribution in [1.29, 1.82) is 0 Å². The number of Topliss-reactive ketones (excluding diaryl/α,β-unsaturated/α-hetero) is 1. The third-order valence-electron chi connectivity index (χ3n) is 2.86. The third kappa shape index (κ3) is 2.41. The fourth-order valence-electron chi connectivity index (χ4n) is 2.07. The second kappa shape index (κ2) is 5.30. The molecular weight excluding hydrogens is 248 g/mol. The van der Waals surface area contributed by atoms with Crippen LogP contribution in [-0.4, -0.2) is 25.2 Å². The van der Waals surface area contributed by atoms with Crippen molar-refractivity contribution >= 4 is 11.8 Å². The van der Waals surface area contributed by atoms with E-state index >= 15 is 0 Å². The molecule has 0 aliphatic carbocycles. The van der Waals surface area contributed by atoms with Gasteiger partial charge in [-0.05, 0) is 25.0 Å². The largest absolute Gasteiger partial charge is 0.460 e. The van der Waals surface area contributed by atoms with Crippen LogP contribution in [0.25, 0.3) is 0 Å². The molecule has 1 aromatic rings. The Kier molecular flexibility index (Phi) is 3.74. The number of carbonyl (C=O) groups is 2. The van der Waals surface area contributed by atoms with Crippen LogP contribution >= 0.6 is 0 Å². The Morgan fingerprint density at radius 2 is 2.05 bits per heavy atom. The minimum Gasteiger partial charge on any atom is -0.460 e. The van der Waals surface area contributed by atoms with Crippen LogP contribution in [0.2, 0.25) is 0 Å². The van der Waals surface area contributed by atoms with Crippen LogP contribution in [0.3, 0.4) is 0 Å². The van der Waals surface area contributed by atoms with E-state index in [9.17, 15) is 9.59 Å². The second-order valence-electron chi connectivity index (χ2n) is 4.46. The van der Waals surface area contributed by atoms with Crippen LogP contribution in [0.1, 0.15) is 42.6 Å². The molecule has 0 saturated carbocycles. The Balaban J connectivity index is 2.46. The third-order valence-corrected chi connectivity index (χ3v) is 2.86. The molecule has 2 rings (SSSR count). The maximum absolute atomic E-state index is 12.1. The minimum absolute atomic E-state index is 0.0324. The van der Waals surface area contributed by atoms with E-state index < -0.39 is 11.8 Å². The summed E-state index contributed by atoms with van der Waals surface area (Å²) >= 11 is 0. The summed E-state index contributed by atoms with van der Waals surface area (Å²) in [6.07, 6.45) is 0. The van der Waals surface area contributed by atoms with Crippen LogP contribution in [0.15, 0.2) is 12.1 Å². The van der Waals surface area contributed by atoms with Gasteiger partial charge < -0.3 is 14.2 Å². The molecule has 1 heterocycles. The molecule has 0 aromatic heterocycles. The van der Waals surface area contributed by atoms with Crippen molar-refractivity contribution in [3.8, 4) is 11.5 Å². The van der Waals surface area contributed by atoms with Crippen LogP contribution in [0.5, 0.6) is 11.5 Å². The van der Waals surface area contributed by atoms with E-state index in [0.717, 1.165) is 0 Å². The summed E-state index contributed by atoms with van der Waals surface area (Å²) in [5.74, 6) is -0.314. The van der Waals surface area contributed by atoms with Gasteiger partial charge in [-0.1, -0.05) is 13.8 Å². The number of fused-ring (bicyclic) bond motifs is 1. The molecule has 5 heteroatoms. The summed E-state index contributed by atoms with van der Waals surface area (Å²) < 4.78 is 15.4. The van der Waals surface area contributed by atoms with Crippen molar-refractivity contribution < 1.29 is 23.8 Å². The highest BCUT2D eigenvalue weighted by molar-refractivity contribution is 6.41. The first kappa shape index (κ1) is 13.4. The monoisotopic (exact) mass is 264 g/mol. The predicted octanol–water partition coefficient (Wildman–Crippen LogP) is 2.28. The summed E-state index contributed by atoms with van der Waals surface area (Å²) in [6.45, 7) is 5.82. The van der Waals surface area contributed by atoms with Crippen molar-refractivity contribution in [3.63, 3.8) is 0 Å². The fourth-order valence-corrected chi connectivity index (χ4v) is 2.07. The van der Waals surface area contributed by atoms with Crippen LogP contribution in [0, 0.1) is 0 Å². The highest BCUT2D eigenvalue weighted by Gasteiger charge is 2.28. The van der Waals surface area contributed by atoms with E-state index in [1.165, 1.54) is 0 Å². The van der Waals surface area contributed by atoms with Gasteiger partial charge in [0.2, 0.25) is 6.79 Å². The summed E-state index contributed by atoms with van der Waals surface area (Å²) in [7, 11) is 0. The Hall–Kier alpha value is -2.04. The fraction of sp³-hybridized carbons (Fsp3) is 0.429. The molecule has 0 amide bonds. The molecule has 5 nitrogen and oxygen atoms in total. The van der Waals surface area contributed by atoms with Gasteiger partial charge >= 0.3 is 5.97 Å². The zero-order valence-electron chi connectivity index (χ0n) is 11.2. The summed E-state index contributed by atoms with van der Waals surface area (Å²) in [4.78, 5) is 23.7. The molecule has 1 aromatic carbocycles. The maximum Gasteiger partial charge on any atom is 0.379 e. The lowest BCUT2D eigenvalue weighted by atomic mass is 9.93. The standard InChI is InChI=1S/C14H16O5/c1-4-17-14(16)12(15)9-5-6-10-13(19-7-18-10)11(9)8(2)3/h5-6,8H,4,7H2,1-3H3. The second-order valence-corrected chi connectivity index (χ2v) is 4.46. The number of ether oxygens (including phenoxy) is 3. The van der Waals surface area contributed by atoms with Gasteiger partial charge in [-0.25, -0.2) is 4.79 Å². The Morgan fingerprint density at radius 3 is 2.68 bits per heavy atom. The average molecular weight is 264 g/mol. The molecule has 1 aliphatic rings. The molecule has 0 spiro atoms. The van der Waals surface area contributed by atoms with Gasteiger partial charge in [0.25, 0.3) is 5.78 Å². The van der Waals surface area contributed by atoms with Crippen LogP contribution < -0.4 is 9.47 Å². The Labute approximate surface area is 111 Å². The van der Waals surface area contributed by atoms with Crippen molar-refractivity contribution in [1.82, 2.24) is 0 Å². The van der Waals surface area contributed by atoms with E-state index in [4.69, 9.17) is 14.2 Å². The number of carbonyl (C=O) groups excluding carboxylic acids is 2. The highest BCUT2D eigenvalue weighted by Crippen LogP contribution is 2.41. The molecular formula is C14H16O5. The van der Waals surface area contributed by atoms with Gasteiger partial charge in [-0.15, -0.1) is 0 Å². The van der Waals surface area contributed by atoms with Gasteiger partial charge in [-0.3, -0.25) is 4.79 Å². The summed E-state index contributed by atoms with van der Waals surface area (Å²) in [5, 5.41) is 0. The molecule has 0 unspecified atom stereocenters. The van der Waals surface area contributed by atoms with Gasteiger partial charge in [0.15, 0.2) is 11.5 Å². The van der Waals surface area contributed by atoms with E-state index in [-0.39, 0.29) is 19.3 Å². The van der Waals surface area contributed by atoms with Crippen molar-refractivity contribution in [3.05, 3.63) is 23.3 Å². The number of benzene rings is 1. The topological polar surface area (TPSA) is 61.8 Å². The lowest BCUT2D eigenvalue weighted by Crippen LogP contribution is -2.19. The molecule has 0 saturated heterocycles. The molecule has 0 atom stereocenters. The number of hydrogen-bond donors (Lipinski definition) is 0. The molecule has 0 N–H and O–H groups in total. The summed E-state index contributed by atoms with van der Waals surface area (Å²) in [5.41, 5.74) is 1.01. The quantitative estimate of drug-likeness (QED) is 0.474. The van der Waals surface area contributed by atoms with Gasteiger partial charge in [0.1, 0.15) is 0 Å². The molecule has 102 valence electrons. The molecule has 0 fully saturated rings. The number of esters is 1.